The fourth-order valence-corrected chi connectivity index (χ4v) is 17.0. The van der Waals surface area contributed by atoms with E-state index in [-0.39, 0.29) is 47.2 Å². The van der Waals surface area contributed by atoms with E-state index in [0.29, 0.717) is 43.4 Å². The van der Waals surface area contributed by atoms with E-state index in [1.165, 1.54) is 6.92 Å². The molecule has 6 aliphatic heterocycles. The lowest BCUT2D eigenvalue weighted by molar-refractivity contribution is -0.395. The summed E-state index contributed by atoms with van der Waals surface area (Å²) < 4.78 is 67.0. The van der Waals surface area contributed by atoms with Gasteiger partial charge in [0.2, 0.25) is 0 Å². The zero-order valence-corrected chi connectivity index (χ0v) is 48.8. The Labute approximate surface area is 493 Å². The van der Waals surface area contributed by atoms with Crippen molar-refractivity contribution in [3.63, 3.8) is 0 Å². The van der Waals surface area contributed by atoms with E-state index >= 15 is 0 Å². The Balaban J connectivity index is 0.826. The van der Waals surface area contributed by atoms with Crippen molar-refractivity contribution < 1.29 is 139 Å². The molecule has 0 radical (unpaired) electrons. The van der Waals surface area contributed by atoms with E-state index in [1.54, 1.807) is 0 Å². The van der Waals surface area contributed by atoms with Gasteiger partial charge in [0.05, 0.1) is 51.3 Å². The van der Waals surface area contributed by atoms with Gasteiger partial charge in [-0.3, -0.25) is 0 Å². The highest BCUT2D eigenvalue weighted by Crippen LogP contribution is 2.71. The molecule has 0 spiro atoms. The smallest absolute Gasteiger partial charge is 0.187 e. The van der Waals surface area contributed by atoms with Crippen LogP contribution in [0.25, 0.3) is 0 Å². The summed E-state index contributed by atoms with van der Waals surface area (Å²) in [6.45, 7) is 7.51. The molecule has 4 aliphatic carbocycles. The van der Waals surface area contributed by atoms with Crippen LogP contribution in [0.1, 0.15) is 98.8 Å². The monoisotopic (exact) mass is 1230 g/mol. The van der Waals surface area contributed by atoms with Crippen molar-refractivity contribution in [2.45, 2.75) is 270 Å². The molecule has 4 saturated carbocycles. The van der Waals surface area contributed by atoms with Crippen molar-refractivity contribution in [3.05, 3.63) is 0 Å². The van der Waals surface area contributed by atoms with Crippen LogP contribution in [-0.4, -0.2) is 291 Å². The number of fused-ring (bicyclic) bond motifs is 7. The molecule has 28 heteroatoms. The fourth-order valence-electron chi connectivity index (χ4n) is 17.0. The molecule has 6 heterocycles. The molecule has 0 unspecified atom stereocenters. The summed E-state index contributed by atoms with van der Waals surface area (Å²) in [4.78, 5) is 0. The van der Waals surface area contributed by atoms with Crippen LogP contribution in [-0.2, 0) is 52.1 Å². The Morgan fingerprint density at radius 3 is 1.61 bits per heavy atom. The van der Waals surface area contributed by atoms with Crippen LogP contribution in [0.3, 0.4) is 0 Å². The molecule has 28 nitrogen and oxygen atoms in total. The zero-order valence-electron chi connectivity index (χ0n) is 48.8. The normalized spacial score (nSPS) is 55.8. The molecule has 10 fully saturated rings. The summed E-state index contributed by atoms with van der Waals surface area (Å²) in [5.41, 5.74) is -0.212. The van der Waals surface area contributed by atoms with Gasteiger partial charge in [0.1, 0.15) is 116 Å². The van der Waals surface area contributed by atoms with Gasteiger partial charge in [-0.2, -0.15) is 0 Å². The minimum Gasteiger partial charge on any atom is -0.394 e. The number of rotatable bonds is 18. The van der Waals surface area contributed by atoms with Crippen molar-refractivity contribution in [2.24, 2.45) is 52.3 Å². The average molecular weight is 1230 g/mol. The highest BCUT2D eigenvalue weighted by molar-refractivity contribution is 5.15. The Kier molecular flexibility index (Phi) is 20.8. The van der Waals surface area contributed by atoms with Gasteiger partial charge in [0.15, 0.2) is 37.2 Å². The Hall–Kier alpha value is -1.12. The van der Waals surface area contributed by atoms with Crippen molar-refractivity contribution >= 4 is 0 Å². The van der Waals surface area contributed by atoms with Gasteiger partial charge in [-0.15, -0.1) is 0 Å². The second kappa shape index (κ2) is 26.5. The standard InChI is InChI=1S/C57H96O28/c1-21(19-75-50-43(69)40(66)36(62)30(16-58)79-50)8-13-57(74)22(2)34-29(85-57)15-28-26-7-6-24-14-25(9-11-55(24,4)27(26)10-12-56(28,34)5)78-54-49(84-53-46(72)42(68)38(64)32(18-60)81-53)47(73)48(83-52-45(71)39(65)35(61)23(3)77-52)33(82-54)20-76-51-44(70)41(67)37(63)31(17-59)80-51/h21-54,58-74H,6-20H2,1-5H3/t21-,22+,23+,24-,25+,26-,27+,28+,29+,30-,31-,32-,33-,34+,35+,36+,37+,38+,39+,40+,41+,42+,43-,44-,45-,46-,47+,48+,49-,50-,51-,52+,53+,54+,55+,56+,57-/m1/s1. The summed E-state index contributed by atoms with van der Waals surface area (Å²) in [6.07, 6.45) is -34.1. The fraction of sp³-hybridized carbons (Fsp3) is 1.00. The van der Waals surface area contributed by atoms with E-state index in [2.05, 4.69) is 20.8 Å². The van der Waals surface area contributed by atoms with E-state index in [1.807, 2.05) is 6.92 Å². The molecule has 37 atom stereocenters. The molecule has 0 amide bonds. The first-order valence-corrected chi connectivity index (χ1v) is 30.7. The third-order valence-electron chi connectivity index (χ3n) is 22.2. The van der Waals surface area contributed by atoms with Crippen molar-refractivity contribution in [1.29, 1.82) is 0 Å². The van der Waals surface area contributed by atoms with E-state index in [0.717, 1.165) is 38.5 Å². The largest absolute Gasteiger partial charge is 0.394 e. The molecule has 17 N–H and O–H groups in total. The van der Waals surface area contributed by atoms with Crippen LogP contribution in [0.4, 0.5) is 0 Å². The SMILES string of the molecule is C[C@H](CC[C@@]1(O)O[C@H]2C[C@H]3[C@@H]4CC[C@@H]5C[C@@H](O[C@H]6O[C@H](CO[C@@H]7O[C@H](CO)[C@H](O)[C@H](O)[C@H]7O)[C@H](O[C@@H]7O[C@@H](C)[C@H](O)[C@H](O)[C@H]7O)[C@H](O)[C@H]6O[C@@H]6O[C@H](CO)[C@H](O)[C@H](O)[C@H]6O)CC[C@]5(C)[C@H]4CC[C@]3(C)[C@H]2[C@@H]1C)CO[C@@H]1O[C@H](CO)[C@H](O)[C@H](O)[C@H]1O. The van der Waals surface area contributed by atoms with Gasteiger partial charge in [-0.25, -0.2) is 0 Å². The van der Waals surface area contributed by atoms with Crippen molar-refractivity contribution in [3.8, 4) is 0 Å². The molecule has 0 bridgehead atoms. The van der Waals surface area contributed by atoms with Crippen LogP contribution in [0.2, 0.25) is 0 Å². The molecule has 0 aromatic rings. The molecule has 492 valence electrons. The second-order valence-electron chi connectivity index (χ2n) is 27.1. The van der Waals surface area contributed by atoms with E-state index < -0.39 is 192 Å². The summed E-state index contributed by atoms with van der Waals surface area (Å²) in [5.74, 6) is -0.282. The molecule has 10 rings (SSSR count). The summed E-state index contributed by atoms with van der Waals surface area (Å²) in [5, 5.41) is 182. The Morgan fingerprint density at radius 1 is 0.494 bits per heavy atom. The number of hydrogen-bond donors (Lipinski definition) is 17. The molecule has 6 saturated heterocycles. The third kappa shape index (κ3) is 12.4. The number of aliphatic hydroxyl groups is 17. The predicted octanol–water partition coefficient (Wildman–Crippen LogP) is -5.10. The predicted molar refractivity (Wildman–Crippen MR) is 283 cm³/mol. The molecule has 10 aliphatic rings. The van der Waals surface area contributed by atoms with Gasteiger partial charge in [-0.1, -0.05) is 27.7 Å². The van der Waals surface area contributed by atoms with E-state index in [9.17, 15) is 86.8 Å². The topological polar surface area (TPSA) is 445 Å². The lowest BCUT2D eigenvalue weighted by atomic mass is 9.44. The second-order valence-corrected chi connectivity index (χ2v) is 27.1. The van der Waals surface area contributed by atoms with Crippen LogP contribution in [0.5, 0.6) is 0 Å². The number of ether oxygens (including phenoxy) is 11. The zero-order chi connectivity index (χ0) is 61.5. The van der Waals surface area contributed by atoms with Crippen LogP contribution in [0.15, 0.2) is 0 Å². The highest BCUT2D eigenvalue weighted by Gasteiger charge is 2.69. The van der Waals surface area contributed by atoms with Crippen LogP contribution >= 0.6 is 0 Å². The van der Waals surface area contributed by atoms with E-state index in [4.69, 9.17) is 52.1 Å². The summed E-state index contributed by atoms with van der Waals surface area (Å²) in [6, 6.07) is 0. The molecule has 0 aromatic heterocycles. The quantitative estimate of drug-likeness (QED) is 0.0571. The summed E-state index contributed by atoms with van der Waals surface area (Å²) in [7, 11) is 0. The molecule has 85 heavy (non-hydrogen) atoms. The van der Waals surface area contributed by atoms with Crippen molar-refractivity contribution in [2.75, 3.05) is 33.0 Å². The minimum absolute atomic E-state index is 0.0999. The number of hydrogen-bond acceptors (Lipinski definition) is 28. The van der Waals surface area contributed by atoms with Gasteiger partial charge >= 0.3 is 0 Å². The third-order valence-corrected chi connectivity index (χ3v) is 22.2. The van der Waals surface area contributed by atoms with Gasteiger partial charge < -0.3 is 139 Å². The minimum atomic E-state index is -1.95. The van der Waals surface area contributed by atoms with Gasteiger partial charge in [0, 0.05) is 12.3 Å². The van der Waals surface area contributed by atoms with Gasteiger partial charge in [-0.05, 0) is 111 Å². The Bertz CT molecular complexity index is 2170. The summed E-state index contributed by atoms with van der Waals surface area (Å²) >= 11 is 0. The van der Waals surface area contributed by atoms with Crippen LogP contribution in [0, 0.1) is 52.3 Å². The maximum atomic E-state index is 12.5. The average Bonchev–Trinajstić information content (AvgIpc) is 1.64. The lowest BCUT2D eigenvalue weighted by Gasteiger charge is -2.61. The molecular formula is C57H96O28. The first-order chi connectivity index (χ1) is 40.2. The molecule has 0 aromatic carbocycles. The molecular weight excluding hydrogens is 1130 g/mol. The Morgan fingerprint density at radius 2 is 1.01 bits per heavy atom. The van der Waals surface area contributed by atoms with Crippen molar-refractivity contribution in [1.82, 2.24) is 0 Å². The van der Waals surface area contributed by atoms with Crippen LogP contribution < -0.4 is 0 Å². The lowest BCUT2D eigenvalue weighted by Crippen LogP contribution is -2.67. The maximum absolute atomic E-state index is 12.5. The first kappa shape index (κ1) is 66.8. The highest BCUT2D eigenvalue weighted by atomic mass is 16.8. The van der Waals surface area contributed by atoms with Gasteiger partial charge in [0.25, 0.3) is 0 Å². The first-order valence-electron chi connectivity index (χ1n) is 30.7. The number of aliphatic hydroxyl groups excluding tert-OH is 16. The maximum Gasteiger partial charge on any atom is 0.187 e.